The maximum Gasteiger partial charge on any atom is 0.229 e. The van der Waals surface area contributed by atoms with E-state index in [-0.39, 0.29) is 11.8 Å². The van der Waals surface area contributed by atoms with Crippen molar-refractivity contribution < 1.29 is 4.79 Å². The first-order valence-corrected chi connectivity index (χ1v) is 4.89. The smallest absolute Gasteiger partial charge is 0.229 e. The number of nitrogens with zero attached hydrogens (tertiary/aromatic N) is 3. The topological polar surface area (TPSA) is 38.1 Å². The lowest BCUT2D eigenvalue weighted by atomic mass is 10.1. The van der Waals surface area contributed by atoms with Crippen LogP contribution in [0.15, 0.2) is 6.07 Å². The molecule has 0 radical (unpaired) electrons. The Hall–Kier alpha value is -1.76. The number of hydrogen-bond acceptors (Lipinski definition) is 2. The van der Waals surface area contributed by atoms with Gasteiger partial charge < -0.3 is 0 Å². The fraction of sp³-hybridized carbons (Fsp3) is 0.455. The van der Waals surface area contributed by atoms with E-state index < -0.39 is 0 Å². The molecule has 1 aromatic heterocycles. The predicted octanol–water partition coefficient (Wildman–Crippen LogP) is 0.715. The highest BCUT2D eigenvalue weighted by molar-refractivity contribution is 5.95. The Morgan fingerprint density at radius 3 is 2.87 bits per heavy atom. The second-order valence-electron chi connectivity index (χ2n) is 3.84. The Morgan fingerprint density at radius 2 is 2.40 bits per heavy atom. The molecule has 0 aliphatic carbocycles. The fourth-order valence-corrected chi connectivity index (χ4v) is 1.89. The largest absolute Gasteiger partial charge is 0.296 e. The molecular weight excluding hydrogens is 190 g/mol. The number of hydrogen-bond donors (Lipinski definition) is 0. The van der Waals surface area contributed by atoms with Crippen LogP contribution < -0.4 is 4.90 Å². The van der Waals surface area contributed by atoms with Gasteiger partial charge in [-0.25, -0.2) is 0 Å². The van der Waals surface area contributed by atoms with Gasteiger partial charge >= 0.3 is 0 Å². The van der Waals surface area contributed by atoms with Crippen LogP contribution in [-0.2, 0) is 11.8 Å². The van der Waals surface area contributed by atoms with Gasteiger partial charge in [-0.3, -0.25) is 14.4 Å². The molecule has 15 heavy (non-hydrogen) atoms. The number of rotatable bonds is 1. The van der Waals surface area contributed by atoms with E-state index in [1.807, 2.05) is 20.0 Å². The van der Waals surface area contributed by atoms with Crippen LogP contribution >= 0.6 is 0 Å². The Balaban J connectivity index is 2.29. The van der Waals surface area contributed by atoms with E-state index in [4.69, 9.17) is 6.42 Å². The van der Waals surface area contributed by atoms with Crippen molar-refractivity contribution in [2.75, 3.05) is 11.4 Å². The third-order valence-corrected chi connectivity index (χ3v) is 2.61. The molecule has 2 rings (SSSR count). The average Bonchev–Trinajstić information content (AvgIpc) is 2.69. The molecule has 1 amide bonds. The highest BCUT2D eigenvalue weighted by atomic mass is 16.2. The summed E-state index contributed by atoms with van der Waals surface area (Å²) in [5.41, 5.74) is 0.907. The quantitative estimate of drug-likeness (QED) is 0.631. The minimum atomic E-state index is 0.0349. The van der Waals surface area contributed by atoms with Crippen molar-refractivity contribution in [3.05, 3.63) is 11.8 Å². The van der Waals surface area contributed by atoms with Crippen molar-refractivity contribution in [3.63, 3.8) is 0 Å². The van der Waals surface area contributed by atoms with Crippen molar-refractivity contribution >= 4 is 11.7 Å². The SMILES string of the molecule is C#CC1CC(=O)N(c2cc(C)nn2C)C1. The lowest BCUT2D eigenvalue weighted by Crippen LogP contribution is -2.26. The number of anilines is 1. The Kier molecular flexibility index (Phi) is 2.24. The van der Waals surface area contributed by atoms with Crippen molar-refractivity contribution in [2.45, 2.75) is 13.3 Å². The van der Waals surface area contributed by atoms with E-state index in [1.165, 1.54) is 0 Å². The van der Waals surface area contributed by atoms with E-state index in [0.717, 1.165) is 11.5 Å². The van der Waals surface area contributed by atoms with Crippen LogP contribution in [0.25, 0.3) is 0 Å². The minimum absolute atomic E-state index is 0.0349. The molecule has 2 heterocycles. The summed E-state index contributed by atoms with van der Waals surface area (Å²) in [5.74, 6) is 3.58. The van der Waals surface area contributed by atoms with Crippen LogP contribution in [0.4, 0.5) is 5.82 Å². The molecule has 0 saturated carbocycles. The molecular formula is C11H13N3O. The van der Waals surface area contributed by atoms with Crippen LogP contribution in [0.5, 0.6) is 0 Å². The van der Waals surface area contributed by atoms with Gasteiger partial charge in [0.1, 0.15) is 5.82 Å². The second-order valence-corrected chi connectivity index (χ2v) is 3.84. The first-order valence-electron chi connectivity index (χ1n) is 4.89. The average molecular weight is 203 g/mol. The van der Waals surface area contributed by atoms with Crippen molar-refractivity contribution in [3.8, 4) is 12.3 Å². The summed E-state index contributed by atoms with van der Waals surface area (Å²) in [5, 5.41) is 4.21. The summed E-state index contributed by atoms with van der Waals surface area (Å²) in [4.78, 5) is 13.4. The Morgan fingerprint density at radius 1 is 1.67 bits per heavy atom. The molecule has 1 aromatic rings. The van der Waals surface area contributed by atoms with E-state index in [2.05, 4.69) is 11.0 Å². The van der Waals surface area contributed by atoms with Crippen molar-refractivity contribution in [1.29, 1.82) is 0 Å². The van der Waals surface area contributed by atoms with Gasteiger partial charge in [0.25, 0.3) is 0 Å². The molecule has 4 nitrogen and oxygen atoms in total. The zero-order valence-electron chi connectivity index (χ0n) is 8.90. The maximum absolute atomic E-state index is 11.7. The number of aromatic nitrogens is 2. The normalized spacial score (nSPS) is 20.7. The molecule has 1 fully saturated rings. The third kappa shape index (κ3) is 1.61. The monoisotopic (exact) mass is 203 g/mol. The summed E-state index contributed by atoms with van der Waals surface area (Å²) in [6.45, 7) is 2.51. The molecule has 1 saturated heterocycles. The number of amides is 1. The molecule has 1 aliphatic heterocycles. The zero-order chi connectivity index (χ0) is 11.0. The van der Waals surface area contributed by atoms with Crippen LogP contribution in [0.1, 0.15) is 12.1 Å². The van der Waals surface area contributed by atoms with E-state index in [1.54, 1.807) is 9.58 Å². The third-order valence-electron chi connectivity index (χ3n) is 2.61. The number of carbonyl (C=O) groups is 1. The number of carbonyl (C=O) groups excluding carboxylic acids is 1. The highest BCUT2D eigenvalue weighted by Crippen LogP contribution is 2.24. The fourth-order valence-electron chi connectivity index (χ4n) is 1.89. The minimum Gasteiger partial charge on any atom is -0.296 e. The van der Waals surface area contributed by atoms with Gasteiger partial charge in [0, 0.05) is 32.0 Å². The van der Waals surface area contributed by atoms with Crippen LogP contribution in [0.3, 0.4) is 0 Å². The molecule has 1 unspecified atom stereocenters. The summed E-state index contributed by atoms with van der Waals surface area (Å²) in [7, 11) is 1.83. The maximum atomic E-state index is 11.7. The van der Waals surface area contributed by atoms with Gasteiger partial charge in [-0.1, -0.05) is 0 Å². The summed E-state index contributed by atoms with van der Waals surface area (Å²) >= 11 is 0. The summed E-state index contributed by atoms with van der Waals surface area (Å²) < 4.78 is 1.71. The highest BCUT2D eigenvalue weighted by Gasteiger charge is 2.30. The van der Waals surface area contributed by atoms with Crippen LogP contribution in [0, 0.1) is 25.2 Å². The second kappa shape index (κ2) is 3.43. The van der Waals surface area contributed by atoms with Crippen molar-refractivity contribution in [1.82, 2.24) is 9.78 Å². The summed E-state index contributed by atoms with van der Waals surface area (Å²) in [6.07, 6.45) is 5.77. The molecule has 1 aliphatic rings. The first-order chi connectivity index (χ1) is 7.11. The van der Waals surface area contributed by atoms with Gasteiger partial charge in [0.2, 0.25) is 5.91 Å². The predicted molar refractivity (Wildman–Crippen MR) is 57.2 cm³/mol. The van der Waals surface area contributed by atoms with Gasteiger partial charge in [0.15, 0.2) is 0 Å². The standard InChI is InChI=1S/C11H13N3O/c1-4-9-6-11(15)14(7-9)10-5-8(2)12-13(10)3/h1,5,9H,6-7H2,2-3H3. The van der Waals surface area contributed by atoms with E-state index in [0.29, 0.717) is 13.0 Å². The Bertz CT molecular complexity index is 441. The van der Waals surface area contributed by atoms with E-state index >= 15 is 0 Å². The van der Waals surface area contributed by atoms with Crippen LogP contribution in [-0.4, -0.2) is 22.2 Å². The van der Waals surface area contributed by atoms with Gasteiger partial charge in [-0.2, -0.15) is 5.10 Å². The van der Waals surface area contributed by atoms with Gasteiger partial charge in [0.05, 0.1) is 5.69 Å². The molecule has 4 heteroatoms. The van der Waals surface area contributed by atoms with Crippen molar-refractivity contribution in [2.24, 2.45) is 13.0 Å². The molecule has 1 atom stereocenters. The molecule has 0 N–H and O–H groups in total. The molecule has 0 aromatic carbocycles. The van der Waals surface area contributed by atoms with Crippen LogP contribution in [0.2, 0.25) is 0 Å². The molecule has 0 bridgehead atoms. The van der Waals surface area contributed by atoms with Gasteiger partial charge in [-0.15, -0.1) is 12.3 Å². The lowest BCUT2D eigenvalue weighted by molar-refractivity contribution is -0.117. The Labute approximate surface area is 88.9 Å². The number of terminal acetylenes is 1. The number of aryl methyl sites for hydroxylation is 2. The van der Waals surface area contributed by atoms with Gasteiger partial charge in [-0.05, 0) is 6.92 Å². The first kappa shape index (κ1) is 9.78. The molecule has 0 spiro atoms. The zero-order valence-corrected chi connectivity index (χ0v) is 8.90. The molecule has 78 valence electrons. The van der Waals surface area contributed by atoms with E-state index in [9.17, 15) is 4.79 Å². The summed E-state index contributed by atoms with van der Waals surface area (Å²) in [6, 6.07) is 1.90. The lowest BCUT2D eigenvalue weighted by Gasteiger charge is -2.15.